The van der Waals surface area contributed by atoms with Crippen molar-refractivity contribution >= 4 is 34.7 Å². The summed E-state index contributed by atoms with van der Waals surface area (Å²) in [7, 11) is 0. The molecule has 2 fully saturated rings. The highest BCUT2D eigenvalue weighted by molar-refractivity contribution is 6.36. The molecule has 1 aliphatic heterocycles. The van der Waals surface area contributed by atoms with Gasteiger partial charge in [-0.2, -0.15) is 13.2 Å². The number of hydrogen-bond acceptors (Lipinski definition) is 2. The fourth-order valence-corrected chi connectivity index (χ4v) is 5.42. The van der Waals surface area contributed by atoms with E-state index in [4.69, 9.17) is 11.6 Å². The van der Waals surface area contributed by atoms with Crippen LogP contribution in [-0.2, 0) is 15.8 Å². The summed E-state index contributed by atoms with van der Waals surface area (Å²) < 4.78 is 39.6. The van der Waals surface area contributed by atoms with E-state index in [0.717, 1.165) is 39.8 Å². The topological polar surface area (TPSA) is 37.4 Å². The van der Waals surface area contributed by atoms with Gasteiger partial charge in [-0.05, 0) is 36.3 Å². The molecular formula is C24H17ClF3NO2. The van der Waals surface area contributed by atoms with Crippen LogP contribution in [0.5, 0.6) is 0 Å². The van der Waals surface area contributed by atoms with Crippen LogP contribution in [-0.4, -0.2) is 11.8 Å². The first-order valence-corrected chi connectivity index (χ1v) is 10.3. The van der Waals surface area contributed by atoms with Crippen molar-refractivity contribution in [3.05, 3.63) is 82.4 Å². The zero-order chi connectivity index (χ0) is 22.1. The van der Waals surface area contributed by atoms with E-state index in [9.17, 15) is 22.8 Å². The first-order valence-electron chi connectivity index (χ1n) is 9.89. The number of amides is 2. The molecule has 2 amide bonds. The Morgan fingerprint density at radius 2 is 1.52 bits per heavy atom. The van der Waals surface area contributed by atoms with E-state index >= 15 is 0 Å². The van der Waals surface area contributed by atoms with Gasteiger partial charge in [0.15, 0.2) is 0 Å². The highest BCUT2D eigenvalue weighted by Gasteiger charge is 2.62. The molecule has 2 aliphatic carbocycles. The maximum atomic E-state index is 13.3. The zero-order valence-electron chi connectivity index (χ0n) is 16.4. The predicted molar refractivity (Wildman–Crippen MR) is 111 cm³/mol. The number of alkyl halides is 3. The Morgan fingerprint density at radius 3 is 2.06 bits per heavy atom. The summed E-state index contributed by atoms with van der Waals surface area (Å²) in [6, 6.07) is 12.4. The van der Waals surface area contributed by atoms with E-state index in [2.05, 4.69) is 0 Å². The van der Waals surface area contributed by atoms with Crippen LogP contribution in [0.1, 0.15) is 18.1 Å². The molecule has 1 heterocycles. The molecule has 0 aromatic heterocycles. The van der Waals surface area contributed by atoms with E-state index in [1.54, 1.807) is 0 Å². The maximum Gasteiger partial charge on any atom is 0.416 e. The number of carbonyl (C=O) groups is 2. The molecule has 2 aromatic carbocycles. The van der Waals surface area contributed by atoms with Gasteiger partial charge in [0.2, 0.25) is 11.8 Å². The average Bonchev–Trinajstić information content (AvgIpc) is 3.37. The first kappa shape index (κ1) is 20.1. The molecule has 0 unspecified atom stereocenters. The standard InChI is InChI=1S/C24H17ClF3NO2/c1-12(13-5-3-2-4-6-13)19-15-8-9-16(19)21-20(15)22(30)29(23(21)31)18-11-14(24(26,27)28)7-10-17(18)25/h2-11,15-16,20-21H,1H3/t15-,16-,20-,21-/m1/s1. The molecule has 7 heteroatoms. The van der Waals surface area contributed by atoms with Gasteiger partial charge in [-0.25, -0.2) is 4.90 Å². The van der Waals surface area contributed by atoms with Gasteiger partial charge in [-0.3, -0.25) is 9.59 Å². The normalized spacial score (nSPS) is 26.7. The van der Waals surface area contributed by atoms with E-state index in [0.29, 0.717) is 0 Å². The number of benzene rings is 2. The summed E-state index contributed by atoms with van der Waals surface area (Å²) in [6.45, 7) is 1.98. The lowest BCUT2D eigenvalue weighted by Gasteiger charge is -2.22. The second-order valence-electron chi connectivity index (χ2n) is 8.11. The van der Waals surface area contributed by atoms with Crippen LogP contribution >= 0.6 is 11.6 Å². The van der Waals surface area contributed by atoms with Crippen LogP contribution < -0.4 is 4.90 Å². The molecule has 3 nitrogen and oxygen atoms in total. The highest BCUT2D eigenvalue weighted by atomic mass is 35.5. The van der Waals surface area contributed by atoms with Crippen LogP contribution in [0.3, 0.4) is 0 Å². The number of anilines is 1. The molecule has 2 bridgehead atoms. The first-order chi connectivity index (χ1) is 14.7. The Bertz CT molecular complexity index is 1140. The van der Waals surface area contributed by atoms with Crippen LogP contribution in [0.2, 0.25) is 5.02 Å². The lowest BCUT2D eigenvalue weighted by atomic mass is 9.85. The fourth-order valence-electron chi connectivity index (χ4n) is 5.22. The monoisotopic (exact) mass is 443 g/mol. The van der Waals surface area contributed by atoms with Crippen molar-refractivity contribution in [3.63, 3.8) is 0 Å². The fraction of sp³-hybridized carbons (Fsp3) is 0.250. The molecule has 31 heavy (non-hydrogen) atoms. The van der Waals surface area contributed by atoms with Crippen LogP contribution in [0.25, 0.3) is 5.57 Å². The van der Waals surface area contributed by atoms with Crippen molar-refractivity contribution in [1.29, 1.82) is 0 Å². The number of hydrogen-bond donors (Lipinski definition) is 0. The van der Waals surface area contributed by atoms with E-state index in [-0.39, 0.29) is 22.5 Å². The molecule has 1 saturated carbocycles. The minimum Gasteiger partial charge on any atom is -0.274 e. The van der Waals surface area contributed by atoms with Gasteiger partial charge in [0.25, 0.3) is 0 Å². The molecular weight excluding hydrogens is 427 g/mol. The third-order valence-corrected chi connectivity index (χ3v) is 6.89. The molecule has 158 valence electrons. The van der Waals surface area contributed by atoms with Crippen molar-refractivity contribution in [2.24, 2.45) is 23.7 Å². The second kappa shape index (κ2) is 6.82. The largest absolute Gasteiger partial charge is 0.416 e. The summed E-state index contributed by atoms with van der Waals surface area (Å²) in [5.74, 6) is -2.73. The number of allylic oxidation sites excluding steroid dienone is 4. The van der Waals surface area contributed by atoms with Crippen molar-refractivity contribution in [3.8, 4) is 0 Å². The molecule has 4 atom stereocenters. The minimum atomic E-state index is -4.61. The predicted octanol–water partition coefficient (Wildman–Crippen LogP) is 5.75. The van der Waals surface area contributed by atoms with Crippen molar-refractivity contribution < 1.29 is 22.8 Å². The van der Waals surface area contributed by atoms with Gasteiger partial charge < -0.3 is 0 Å². The molecule has 0 radical (unpaired) electrons. The zero-order valence-corrected chi connectivity index (χ0v) is 17.1. The summed E-state index contributed by atoms with van der Waals surface area (Å²) in [6.07, 6.45) is -0.726. The third-order valence-electron chi connectivity index (χ3n) is 6.57. The van der Waals surface area contributed by atoms with Gasteiger partial charge in [0, 0.05) is 11.8 Å². The summed E-state index contributed by atoms with van der Waals surface area (Å²) in [5, 5.41) is -0.0637. The van der Waals surface area contributed by atoms with E-state index < -0.39 is 35.4 Å². The second-order valence-corrected chi connectivity index (χ2v) is 8.52. The van der Waals surface area contributed by atoms with Crippen molar-refractivity contribution in [2.45, 2.75) is 13.1 Å². The smallest absolute Gasteiger partial charge is 0.274 e. The van der Waals surface area contributed by atoms with Crippen LogP contribution in [0.4, 0.5) is 18.9 Å². The van der Waals surface area contributed by atoms with Gasteiger partial charge in [0.05, 0.1) is 28.1 Å². The van der Waals surface area contributed by atoms with Gasteiger partial charge in [-0.1, -0.05) is 59.7 Å². The average molecular weight is 444 g/mol. The Labute approximate surface area is 181 Å². The number of carbonyl (C=O) groups excluding carboxylic acids is 2. The van der Waals surface area contributed by atoms with Crippen molar-refractivity contribution in [1.82, 2.24) is 0 Å². The Morgan fingerprint density at radius 1 is 0.935 bits per heavy atom. The lowest BCUT2D eigenvalue weighted by Crippen LogP contribution is -2.33. The SMILES string of the molecule is CC(=C1[C@H]2C=C[C@H]1[C@H]1C(=O)N(c3cc(C(F)(F)F)ccc3Cl)C(=O)[C@@H]12)c1ccccc1. The number of nitrogens with zero attached hydrogens (tertiary/aromatic N) is 1. The quantitative estimate of drug-likeness (QED) is 0.437. The van der Waals surface area contributed by atoms with E-state index in [1.807, 2.05) is 49.4 Å². The minimum absolute atomic E-state index is 0.0637. The van der Waals surface area contributed by atoms with Crippen LogP contribution in [0.15, 0.2) is 66.3 Å². The molecule has 0 N–H and O–H groups in total. The molecule has 3 aliphatic rings. The van der Waals surface area contributed by atoms with E-state index in [1.165, 1.54) is 0 Å². The summed E-state index contributed by atoms with van der Waals surface area (Å²) >= 11 is 6.12. The van der Waals surface area contributed by atoms with Crippen LogP contribution in [0, 0.1) is 23.7 Å². The number of imide groups is 1. The molecule has 2 aromatic rings. The summed E-state index contributed by atoms with van der Waals surface area (Å²) in [5.41, 5.74) is 1.93. The Hall–Kier alpha value is -2.86. The summed E-state index contributed by atoms with van der Waals surface area (Å²) in [4.78, 5) is 27.5. The number of fused-ring (bicyclic) bond motifs is 5. The number of halogens is 4. The van der Waals surface area contributed by atoms with Crippen molar-refractivity contribution in [2.75, 3.05) is 4.90 Å². The third kappa shape index (κ3) is 2.88. The lowest BCUT2D eigenvalue weighted by molar-refractivity contribution is -0.137. The highest BCUT2D eigenvalue weighted by Crippen LogP contribution is 2.58. The van der Waals surface area contributed by atoms with Gasteiger partial charge in [0.1, 0.15) is 0 Å². The Balaban J connectivity index is 1.56. The maximum absolute atomic E-state index is 13.3. The van der Waals surface area contributed by atoms with Gasteiger partial charge >= 0.3 is 6.18 Å². The molecule has 5 rings (SSSR count). The Kier molecular flexibility index (Phi) is 4.42. The molecule has 1 saturated heterocycles. The van der Waals surface area contributed by atoms with Gasteiger partial charge in [-0.15, -0.1) is 0 Å². The molecule has 0 spiro atoms. The number of rotatable bonds is 2.